The fourth-order valence-corrected chi connectivity index (χ4v) is 7.83. The highest BCUT2D eigenvalue weighted by atomic mass is 35.5. The number of nitrogens with zero attached hydrogens (tertiary/aromatic N) is 2. The maximum Gasteiger partial charge on any atom is 0.330 e. The number of carbonyl (C=O) groups excluding carboxylic acids is 4. The average Bonchev–Trinajstić information content (AvgIpc) is 3.25. The number of benzene rings is 3. The Kier molecular flexibility index (Phi) is 6.51. The minimum Gasteiger partial charge on any atom is -0.456 e. The number of Topliss-reactive ketones (excluding diaryl/α,β-unsaturated/α-hetero) is 1. The molecule has 9 nitrogen and oxygen atoms in total. The van der Waals surface area contributed by atoms with Gasteiger partial charge >= 0.3 is 5.97 Å². The van der Waals surface area contributed by atoms with E-state index in [9.17, 15) is 29.3 Å². The summed E-state index contributed by atoms with van der Waals surface area (Å²) in [6.45, 7) is 2.58. The van der Waals surface area contributed by atoms with Gasteiger partial charge in [0.1, 0.15) is 15.8 Å². The molecule has 0 aromatic heterocycles. The second kappa shape index (κ2) is 9.74. The lowest BCUT2D eigenvalue weighted by Crippen LogP contribution is -2.57. The maximum absolute atomic E-state index is 14.2. The lowest BCUT2D eigenvalue weighted by molar-refractivity contribution is -0.384. The molecule has 0 unspecified atom stereocenters. The van der Waals surface area contributed by atoms with Gasteiger partial charge in [-0.15, -0.1) is 23.2 Å². The average molecular weight is 607 g/mol. The van der Waals surface area contributed by atoms with Crippen LogP contribution in [0.1, 0.15) is 46.5 Å². The molecule has 2 amide bonds. The lowest BCUT2D eigenvalue weighted by atomic mass is 9.54. The zero-order chi connectivity index (χ0) is 30.1. The van der Waals surface area contributed by atoms with Crippen LogP contribution in [0.4, 0.5) is 5.69 Å². The second-order valence-corrected chi connectivity index (χ2v) is 12.2. The molecule has 0 radical (unpaired) electrons. The van der Waals surface area contributed by atoms with Crippen molar-refractivity contribution in [2.45, 2.75) is 29.6 Å². The van der Waals surface area contributed by atoms with E-state index in [4.69, 9.17) is 27.9 Å². The van der Waals surface area contributed by atoms with E-state index in [0.29, 0.717) is 22.3 Å². The van der Waals surface area contributed by atoms with E-state index in [2.05, 4.69) is 0 Å². The summed E-state index contributed by atoms with van der Waals surface area (Å²) in [7, 11) is 0. The van der Waals surface area contributed by atoms with Crippen molar-refractivity contribution in [3.05, 3.63) is 111 Å². The molecule has 1 heterocycles. The van der Waals surface area contributed by atoms with E-state index in [1.807, 2.05) is 0 Å². The number of alkyl halides is 2. The van der Waals surface area contributed by atoms with E-state index in [-0.39, 0.29) is 11.3 Å². The zero-order valence-electron chi connectivity index (χ0n) is 22.5. The molecule has 3 aromatic rings. The Morgan fingerprint density at radius 3 is 1.79 bits per heavy atom. The van der Waals surface area contributed by atoms with E-state index in [0.717, 1.165) is 11.0 Å². The number of hydrogen-bond acceptors (Lipinski definition) is 7. The molecule has 3 atom stereocenters. The second-order valence-electron chi connectivity index (χ2n) is 11.0. The van der Waals surface area contributed by atoms with Gasteiger partial charge < -0.3 is 4.74 Å². The van der Waals surface area contributed by atoms with E-state index >= 15 is 0 Å². The van der Waals surface area contributed by atoms with E-state index in [1.54, 1.807) is 62.4 Å². The van der Waals surface area contributed by atoms with Crippen molar-refractivity contribution in [3.63, 3.8) is 0 Å². The molecule has 214 valence electrons. The van der Waals surface area contributed by atoms with Gasteiger partial charge in [-0.1, -0.05) is 74.5 Å². The molecule has 2 bridgehead atoms. The fraction of sp³-hybridized carbons (Fsp3) is 0.290. The van der Waals surface area contributed by atoms with Crippen molar-refractivity contribution in [1.29, 1.82) is 0 Å². The molecular formula is C31H24Cl2N2O7. The van der Waals surface area contributed by atoms with Crippen LogP contribution in [-0.4, -0.2) is 46.0 Å². The Morgan fingerprint density at radius 2 is 1.36 bits per heavy atom. The highest BCUT2D eigenvalue weighted by Crippen LogP contribution is 2.69. The molecule has 1 saturated heterocycles. The number of hydrogen-bond donors (Lipinski definition) is 0. The summed E-state index contributed by atoms with van der Waals surface area (Å²) in [6, 6.07) is 18.1. The summed E-state index contributed by atoms with van der Waals surface area (Å²) in [5.41, 5.74) is 2.24. The number of halogens is 2. The van der Waals surface area contributed by atoms with Gasteiger partial charge in [0.2, 0.25) is 17.6 Å². The molecule has 7 rings (SSSR count). The molecule has 3 aromatic carbocycles. The molecule has 0 saturated carbocycles. The summed E-state index contributed by atoms with van der Waals surface area (Å²) in [6.07, 6.45) is 0. The Labute approximate surface area is 250 Å². The monoisotopic (exact) mass is 606 g/mol. The van der Waals surface area contributed by atoms with Gasteiger partial charge in [0.15, 0.2) is 6.61 Å². The predicted molar refractivity (Wildman–Crippen MR) is 152 cm³/mol. The lowest BCUT2D eigenvalue weighted by Gasteiger charge is -2.54. The number of ketones is 1. The van der Waals surface area contributed by atoms with Gasteiger partial charge in [-0.2, -0.15) is 0 Å². The number of esters is 1. The number of nitro benzene ring substituents is 1. The Balaban J connectivity index is 1.35. The van der Waals surface area contributed by atoms with Crippen LogP contribution in [0, 0.1) is 27.9 Å². The molecule has 42 heavy (non-hydrogen) atoms. The van der Waals surface area contributed by atoms with Crippen LogP contribution in [0.2, 0.25) is 0 Å². The van der Waals surface area contributed by atoms with Crippen molar-refractivity contribution in [2.75, 3.05) is 6.61 Å². The normalized spacial score (nSPS) is 26.0. The van der Waals surface area contributed by atoms with Gasteiger partial charge in [0, 0.05) is 17.7 Å². The van der Waals surface area contributed by atoms with Crippen LogP contribution in [0.25, 0.3) is 0 Å². The number of non-ortho nitro benzene ring substituents is 1. The fourth-order valence-electron chi connectivity index (χ4n) is 6.74. The molecule has 0 N–H and O–H groups in total. The zero-order valence-corrected chi connectivity index (χ0v) is 24.0. The molecular weight excluding hydrogens is 583 g/mol. The summed E-state index contributed by atoms with van der Waals surface area (Å²) in [5, 5.41) is 11.1. The number of imide groups is 1. The maximum atomic E-state index is 14.2. The van der Waals surface area contributed by atoms with Crippen LogP contribution in [0.3, 0.4) is 0 Å². The van der Waals surface area contributed by atoms with Crippen molar-refractivity contribution in [3.8, 4) is 0 Å². The quantitative estimate of drug-likeness (QED) is 0.0931. The SMILES string of the molecule is CC(C)[C@@H](C(=O)OCC(=O)c1cccc([N+](=O)[O-])c1)N1C(=O)[C@H]2[C@H](C1=O)C1(Cl)c3ccccc3C2(Cl)c2ccccc21. The molecule has 0 spiro atoms. The highest BCUT2D eigenvalue weighted by molar-refractivity contribution is 6.36. The number of ether oxygens (including phenoxy) is 1. The van der Waals surface area contributed by atoms with E-state index < -0.39 is 68.6 Å². The molecule has 3 aliphatic carbocycles. The van der Waals surface area contributed by atoms with Crippen molar-refractivity contribution in [1.82, 2.24) is 4.90 Å². The minimum absolute atomic E-state index is 0.0160. The number of nitro groups is 1. The Hall–Kier alpha value is -4.08. The highest BCUT2D eigenvalue weighted by Gasteiger charge is 2.74. The number of likely N-dealkylation sites (tertiary alicyclic amines) is 1. The third kappa shape index (κ3) is 3.69. The van der Waals surface area contributed by atoms with Gasteiger partial charge in [0.25, 0.3) is 5.69 Å². The van der Waals surface area contributed by atoms with Crippen LogP contribution in [-0.2, 0) is 28.9 Å². The van der Waals surface area contributed by atoms with Crippen LogP contribution < -0.4 is 0 Å². The third-order valence-electron chi connectivity index (χ3n) is 8.50. The van der Waals surface area contributed by atoms with E-state index in [1.165, 1.54) is 18.2 Å². The smallest absolute Gasteiger partial charge is 0.330 e. The van der Waals surface area contributed by atoms with Gasteiger partial charge in [0.05, 0.1) is 16.8 Å². The van der Waals surface area contributed by atoms with Crippen molar-refractivity contribution >= 4 is 52.5 Å². The third-order valence-corrected chi connectivity index (χ3v) is 9.78. The minimum atomic E-state index is -1.40. The Bertz CT molecular complexity index is 1580. The summed E-state index contributed by atoms with van der Waals surface area (Å²) in [5.74, 6) is -5.68. The predicted octanol–water partition coefficient (Wildman–Crippen LogP) is 4.94. The topological polar surface area (TPSA) is 124 Å². The van der Waals surface area contributed by atoms with Gasteiger partial charge in [-0.05, 0) is 28.2 Å². The molecule has 1 fully saturated rings. The number of amides is 2. The van der Waals surface area contributed by atoms with Crippen LogP contribution >= 0.6 is 23.2 Å². The summed E-state index contributed by atoms with van der Waals surface area (Å²) < 4.78 is 5.32. The molecule has 1 aliphatic heterocycles. The summed E-state index contributed by atoms with van der Waals surface area (Å²) >= 11 is 14.9. The van der Waals surface area contributed by atoms with Gasteiger partial charge in [-0.3, -0.25) is 29.4 Å². The standard InChI is InChI=1S/C31H24Cl2N2O7/c1-16(2)26(29(39)42-15-23(36)17-8-7-9-18(14-17)35(40)41)34-27(37)24-25(28(34)38)31(33)20-11-4-3-10-19(20)30(24,32)21-12-5-6-13-22(21)31/h3-14,16,24-26H,15H2,1-2H3/t24-,25-,26+,30?,31?/m1/s1. The first-order valence-electron chi connectivity index (χ1n) is 13.3. The first-order valence-corrected chi connectivity index (χ1v) is 14.1. The summed E-state index contributed by atoms with van der Waals surface area (Å²) in [4.78, 5) is 63.2. The Morgan fingerprint density at radius 1 is 0.881 bits per heavy atom. The number of carbonyl (C=O) groups is 4. The van der Waals surface area contributed by atoms with Crippen molar-refractivity contribution < 1.29 is 28.8 Å². The first-order chi connectivity index (χ1) is 19.9. The first kappa shape index (κ1) is 28.1. The molecule has 11 heteroatoms. The number of rotatable bonds is 7. The van der Waals surface area contributed by atoms with Crippen LogP contribution in [0.5, 0.6) is 0 Å². The molecule has 4 aliphatic rings. The van der Waals surface area contributed by atoms with Crippen LogP contribution in [0.15, 0.2) is 72.8 Å². The van der Waals surface area contributed by atoms with Crippen molar-refractivity contribution in [2.24, 2.45) is 17.8 Å². The van der Waals surface area contributed by atoms with Gasteiger partial charge in [-0.25, -0.2) is 4.79 Å². The largest absolute Gasteiger partial charge is 0.456 e.